The van der Waals surface area contributed by atoms with E-state index < -0.39 is 5.41 Å². The van der Waals surface area contributed by atoms with E-state index in [2.05, 4.69) is 11.8 Å². The molecule has 5 heteroatoms. The standard InChI is InChI=1S/C16H24ClN3O/c1-3-13(18)14(11-5-4-6-12(17)9-11)20-8-7-16(2,10-20)15(19)21/h4-6,9,13-14H,3,7-8,10,18H2,1-2H3,(H2,19,21). The molecule has 0 aliphatic carbocycles. The van der Waals surface area contributed by atoms with Gasteiger partial charge in [0.1, 0.15) is 0 Å². The van der Waals surface area contributed by atoms with E-state index in [1.54, 1.807) is 0 Å². The van der Waals surface area contributed by atoms with Gasteiger partial charge in [0, 0.05) is 23.7 Å². The summed E-state index contributed by atoms with van der Waals surface area (Å²) >= 11 is 6.12. The van der Waals surface area contributed by atoms with Crippen LogP contribution in [0.5, 0.6) is 0 Å². The lowest BCUT2D eigenvalue weighted by molar-refractivity contribution is -0.126. The Morgan fingerprint density at radius 1 is 1.52 bits per heavy atom. The van der Waals surface area contributed by atoms with Crippen LogP contribution >= 0.6 is 11.6 Å². The maximum atomic E-state index is 11.7. The minimum absolute atomic E-state index is 0.00121. The quantitative estimate of drug-likeness (QED) is 0.876. The molecule has 1 heterocycles. The van der Waals surface area contributed by atoms with Crippen molar-refractivity contribution in [2.75, 3.05) is 13.1 Å². The monoisotopic (exact) mass is 309 g/mol. The fourth-order valence-electron chi connectivity index (χ4n) is 3.08. The average Bonchev–Trinajstić information content (AvgIpc) is 2.83. The van der Waals surface area contributed by atoms with E-state index in [0.29, 0.717) is 11.6 Å². The Labute approximate surface area is 131 Å². The molecule has 0 spiro atoms. The van der Waals surface area contributed by atoms with Gasteiger partial charge in [-0.2, -0.15) is 0 Å². The highest BCUT2D eigenvalue weighted by atomic mass is 35.5. The van der Waals surface area contributed by atoms with Crippen molar-refractivity contribution in [3.63, 3.8) is 0 Å². The van der Waals surface area contributed by atoms with E-state index >= 15 is 0 Å². The fourth-order valence-corrected chi connectivity index (χ4v) is 3.28. The Morgan fingerprint density at radius 2 is 2.24 bits per heavy atom. The summed E-state index contributed by atoms with van der Waals surface area (Å²) in [4.78, 5) is 13.9. The summed E-state index contributed by atoms with van der Waals surface area (Å²) in [6.45, 7) is 5.48. The Bertz CT molecular complexity index is 522. The number of nitrogens with zero attached hydrogens (tertiary/aromatic N) is 1. The molecule has 0 bridgehead atoms. The molecule has 1 aromatic carbocycles. The van der Waals surface area contributed by atoms with Crippen LogP contribution in [0.3, 0.4) is 0 Å². The van der Waals surface area contributed by atoms with Gasteiger partial charge in [-0.1, -0.05) is 30.7 Å². The molecule has 1 amide bonds. The van der Waals surface area contributed by atoms with Gasteiger partial charge < -0.3 is 11.5 Å². The second-order valence-electron chi connectivity index (χ2n) is 6.22. The smallest absolute Gasteiger partial charge is 0.224 e. The van der Waals surface area contributed by atoms with E-state index in [1.807, 2.05) is 31.2 Å². The average molecular weight is 310 g/mol. The van der Waals surface area contributed by atoms with Gasteiger partial charge in [0.25, 0.3) is 0 Å². The summed E-state index contributed by atoms with van der Waals surface area (Å²) in [5.41, 5.74) is 12.5. The Kier molecular flexibility index (Phi) is 4.91. The number of benzene rings is 1. The zero-order chi connectivity index (χ0) is 15.6. The minimum Gasteiger partial charge on any atom is -0.369 e. The van der Waals surface area contributed by atoms with Gasteiger partial charge in [0.2, 0.25) is 5.91 Å². The number of halogens is 1. The van der Waals surface area contributed by atoms with E-state index in [9.17, 15) is 4.79 Å². The van der Waals surface area contributed by atoms with Gasteiger partial charge in [0.15, 0.2) is 0 Å². The second kappa shape index (κ2) is 6.34. The largest absolute Gasteiger partial charge is 0.369 e. The topological polar surface area (TPSA) is 72.3 Å². The predicted molar refractivity (Wildman–Crippen MR) is 86.0 cm³/mol. The number of likely N-dealkylation sites (tertiary alicyclic amines) is 1. The third-order valence-electron chi connectivity index (χ3n) is 4.56. The highest BCUT2D eigenvalue weighted by Crippen LogP contribution is 2.37. The molecule has 3 unspecified atom stereocenters. The molecule has 0 saturated carbocycles. The molecule has 1 aliphatic heterocycles. The van der Waals surface area contributed by atoms with Crippen molar-refractivity contribution in [1.82, 2.24) is 4.90 Å². The van der Waals surface area contributed by atoms with Gasteiger partial charge in [-0.05, 0) is 44.0 Å². The number of carbonyl (C=O) groups is 1. The molecule has 1 fully saturated rings. The van der Waals surface area contributed by atoms with E-state index in [4.69, 9.17) is 23.1 Å². The molecule has 4 N–H and O–H groups in total. The lowest BCUT2D eigenvalue weighted by Crippen LogP contribution is -2.42. The lowest BCUT2D eigenvalue weighted by atomic mass is 9.89. The molecule has 4 nitrogen and oxygen atoms in total. The summed E-state index contributed by atoms with van der Waals surface area (Å²) in [7, 11) is 0. The predicted octanol–water partition coefficient (Wildman–Crippen LogP) is 2.32. The molecule has 3 atom stereocenters. The summed E-state index contributed by atoms with van der Waals surface area (Å²) < 4.78 is 0. The van der Waals surface area contributed by atoms with Crippen LogP contribution in [-0.4, -0.2) is 29.9 Å². The normalized spacial score (nSPS) is 25.7. The molecule has 0 radical (unpaired) electrons. The number of hydrogen-bond donors (Lipinski definition) is 2. The Morgan fingerprint density at radius 3 is 2.76 bits per heavy atom. The van der Waals surface area contributed by atoms with Crippen molar-refractivity contribution < 1.29 is 4.79 Å². The summed E-state index contributed by atoms with van der Waals surface area (Å²) in [6.07, 6.45) is 1.64. The van der Waals surface area contributed by atoms with Crippen molar-refractivity contribution in [3.05, 3.63) is 34.9 Å². The van der Waals surface area contributed by atoms with Crippen molar-refractivity contribution in [2.45, 2.75) is 38.8 Å². The van der Waals surface area contributed by atoms with Crippen LogP contribution in [0.25, 0.3) is 0 Å². The number of carbonyl (C=O) groups excluding carboxylic acids is 1. The lowest BCUT2D eigenvalue weighted by Gasteiger charge is -2.33. The van der Waals surface area contributed by atoms with E-state index in [1.165, 1.54) is 0 Å². The molecular weight excluding hydrogens is 286 g/mol. The molecule has 0 aromatic heterocycles. The van der Waals surface area contributed by atoms with E-state index in [-0.39, 0.29) is 18.0 Å². The number of primary amides is 1. The van der Waals surface area contributed by atoms with Crippen molar-refractivity contribution in [2.24, 2.45) is 16.9 Å². The Hall–Kier alpha value is -1.10. The van der Waals surface area contributed by atoms with Crippen molar-refractivity contribution in [3.8, 4) is 0 Å². The van der Waals surface area contributed by atoms with Gasteiger partial charge in [-0.25, -0.2) is 0 Å². The maximum absolute atomic E-state index is 11.7. The van der Waals surface area contributed by atoms with E-state index in [0.717, 1.165) is 24.9 Å². The first-order chi connectivity index (χ1) is 9.87. The highest BCUT2D eigenvalue weighted by molar-refractivity contribution is 6.30. The zero-order valence-electron chi connectivity index (χ0n) is 12.7. The minimum atomic E-state index is -0.468. The van der Waals surface area contributed by atoms with Gasteiger partial charge in [0.05, 0.1) is 5.41 Å². The van der Waals surface area contributed by atoms with Crippen LogP contribution in [0, 0.1) is 5.41 Å². The summed E-state index contributed by atoms with van der Waals surface area (Å²) in [6, 6.07) is 7.87. The van der Waals surface area contributed by atoms with Crippen LogP contribution in [-0.2, 0) is 4.79 Å². The van der Waals surface area contributed by atoms with Crippen molar-refractivity contribution >= 4 is 17.5 Å². The van der Waals surface area contributed by atoms with Crippen LogP contribution in [0.4, 0.5) is 0 Å². The zero-order valence-corrected chi connectivity index (χ0v) is 13.4. The van der Waals surface area contributed by atoms with Crippen molar-refractivity contribution in [1.29, 1.82) is 0 Å². The first-order valence-electron chi connectivity index (χ1n) is 7.42. The molecular formula is C16H24ClN3O. The maximum Gasteiger partial charge on any atom is 0.224 e. The summed E-state index contributed by atoms with van der Waals surface area (Å²) in [5.74, 6) is -0.236. The number of hydrogen-bond acceptors (Lipinski definition) is 3. The van der Waals surface area contributed by atoms with Crippen LogP contribution in [0.15, 0.2) is 24.3 Å². The van der Waals surface area contributed by atoms with Crippen LogP contribution < -0.4 is 11.5 Å². The number of rotatable bonds is 5. The molecule has 1 aromatic rings. The first-order valence-corrected chi connectivity index (χ1v) is 7.80. The second-order valence-corrected chi connectivity index (χ2v) is 6.65. The van der Waals surface area contributed by atoms with Crippen LogP contribution in [0.2, 0.25) is 5.02 Å². The van der Waals surface area contributed by atoms with Gasteiger partial charge in [-0.15, -0.1) is 0 Å². The molecule has 21 heavy (non-hydrogen) atoms. The highest BCUT2D eigenvalue weighted by Gasteiger charge is 2.42. The van der Waals surface area contributed by atoms with Crippen LogP contribution in [0.1, 0.15) is 38.3 Å². The molecule has 116 valence electrons. The third-order valence-corrected chi connectivity index (χ3v) is 4.79. The number of nitrogens with two attached hydrogens (primary N) is 2. The molecule has 1 saturated heterocycles. The molecule has 2 rings (SSSR count). The fraction of sp³-hybridized carbons (Fsp3) is 0.562. The SMILES string of the molecule is CCC(N)C(c1cccc(Cl)c1)N1CCC(C)(C(N)=O)C1. The number of amides is 1. The first kappa shape index (κ1) is 16.3. The Balaban J connectivity index is 2.28. The summed E-state index contributed by atoms with van der Waals surface area (Å²) in [5, 5.41) is 0.706. The molecule has 1 aliphatic rings. The van der Waals surface area contributed by atoms with Gasteiger partial charge >= 0.3 is 0 Å². The van der Waals surface area contributed by atoms with Gasteiger partial charge in [-0.3, -0.25) is 9.69 Å². The third kappa shape index (κ3) is 3.39.